The molecule has 0 radical (unpaired) electrons. The minimum atomic E-state index is 0.492. The van der Waals surface area contributed by atoms with E-state index in [0.29, 0.717) is 17.7 Å². The molecule has 2 rings (SSSR count). The average Bonchev–Trinajstić information content (AvgIpc) is 2.58. The molecule has 84 valence electrons. The summed E-state index contributed by atoms with van der Waals surface area (Å²) < 4.78 is 2.40. The molecule has 0 aliphatic carbocycles. The minimum Gasteiger partial charge on any atom is -0.331 e. The molecule has 1 unspecified atom stereocenters. The molecule has 0 spiro atoms. The molecule has 0 saturated heterocycles. The van der Waals surface area contributed by atoms with Crippen LogP contribution >= 0.6 is 11.6 Å². The molecular weight excluding hydrogens is 208 g/mol. The van der Waals surface area contributed by atoms with E-state index in [9.17, 15) is 0 Å². The van der Waals surface area contributed by atoms with Gasteiger partial charge in [0.15, 0.2) is 0 Å². The predicted octanol–water partition coefficient (Wildman–Crippen LogP) is 3.64. The number of alkyl halides is 1. The Hall–Kier alpha value is -0.500. The van der Waals surface area contributed by atoms with Crippen LogP contribution in [0.3, 0.4) is 0 Å². The normalized spacial score (nSPS) is 20.7. The summed E-state index contributed by atoms with van der Waals surface area (Å²) in [5, 5.41) is 0. The van der Waals surface area contributed by atoms with E-state index in [1.807, 2.05) is 0 Å². The lowest BCUT2D eigenvalue weighted by Crippen LogP contribution is -2.16. The molecule has 2 nitrogen and oxygen atoms in total. The van der Waals surface area contributed by atoms with E-state index >= 15 is 0 Å². The van der Waals surface area contributed by atoms with Gasteiger partial charge >= 0.3 is 0 Å². The molecule has 0 saturated carbocycles. The summed E-state index contributed by atoms with van der Waals surface area (Å²) in [5.41, 5.74) is 2.49. The molecule has 1 atom stereocenters. The molecule has 1 aliphatic heterocycles. The van der Waals surface area contributed by atoms with Gasteiger partial charge in [0.25, 0.3) is 0 Å². The van der Waals surface area contributed by atoms with Crippen molar-refractivity contribution in [3.8, 4) is 0 Å². The molecule has 0 N–H and O–H groups in total. The van der Waals surface area contributed by atoms with E-state index in [4.69, 9.17) is 16.6 Å². The maximum absolute atomic E-state index is 5.97. The minimum absolute atomic E-state index is 0.492. The van der Waals surface area contributed by atoms with Gasteiger partial charge in [-0.25, -0.2) is 4.98 Å². The fraction of sp³-hybridized carbons (Fsp3) is 0.750. The first kappa shape index (κ1) is 11.0. The fourth-order valence-corrected chi connectivity index (χ4v) is 2.75. The Morgan fingerprint density at radius 3 is 2.87 bits per heavy atom. The third kappa shape index (κ3) is 1.80. The van der Waals surface area contributed by atoms with Crippen LogP contribution in [0.15, 0.2) is 0 Å². The van der Waals surface area contributed by atoms with E-state index in [-0.39, 0.29) is 0 Å². The summed E-state index contributed by atoms with van der Waals surface area (Å²) >= 11 is 5.97. The Labute approximate surface area is 96.7 Å². The topological polar surface area (TPSA) is 17.8 Å². The van der Waals surface area contributed by atoms with Crippen molar-refractivity contribution in [2.75, 3.05) is 0 Å². The van der Waals surface area contributed by atoms with Crippen LogP contribution < -0.4 is 0 Å². The van der Waals surface area contributed by atoms with Crippen molar-refractivity contribution in [1.82, 2.24) is 9.55 Å². The van der Waals surface area contributed by atoms with Gasteiger partial charge in [0.2, 0.25) is 0 Å². The van der Waals surface area contributed by atoms with E-state index in [2.05, 4.69) is 25.3 Å². The number of hydrogen-bond donors (Lipinski definition) is 0. The number of hydrogen-bond acceptors (Lipinski definition) is 1. The molecule has 0 fully saturated rings. The average molecular weight is 227 g/mol. The highest BCUT2D eigenvalue weighted by Gasteiger charge is 2.25. The molecule has 1 aromatic heterocycles. The van der Waals surface area contributed by atoms with E-state index < -0.39 is 0 Å². The Morgan fingerprint density at radius 1 is 1.53 bits per heavy atom. The lowest BCUT2D eigenvalue weighted by Gasteiger charge is -2.23. The summed E-state index contributed by atoms with van der Waals surface area (Å²) in [6.45, 7) is 7.81. The molecule has 0 amide bonds. The number of halogens is 1. The monoisotopic (exact) mass is 226 g/mol. The molecule has 0 bridgehead atoms. The zero-order valence-corrected chi connectivity index (χ0v) is 10.5. The summed E-state index contributed by atoms with van der Waals surface area (Å²) in [5.74, 6) is 2.87. The number of aromatic nitrogens is 2. The summed E-state index contributed by atoms with van der Waals surface area (Å²) in [6.07, 6.45) is 2.54. The van der Waals surface area contributed by atoms with Gasteiger partial charge in [-0.2, -0.15) is 0 Å². The SMILES string of the molecule is CC(C)c1nc(CCl)c2n1CCCC2C. The highest BCUT2D eigenvalue weighted by atomic mass is 35.5. The van der Waals surface area contributed by atoms with Crippen LogP contribution in [-0.2, 0) is 12.4 Å². The van der Waals surface area contributed by atoms with Gasteiger partial charge in [-0.05, 0) is 18.8 Å². The van der Waals surface area contributed by atoms with Crippen molar-refractivity contribution in [3.05, 3.63) is 17.2 Å². The molecule has 1 aromatic rings. The Bertz CT molecular complexity index is 355. The first-order valence-corrected chi connectivity index (χ1v) is 6.33. The first-order chi connectivity index (χ1) is 7.15. The molecule has 15 heavy (non-hydrogen) atoms. The second-order valence-electron chi connectivity index (χ2n) is 4.79. The number of fused-ring (bicyclic) bond motifs is 1. The quantitative estimate of drug-likeness (QED) is 0.704. The first-order valence-electron chi connectivity index (χ1n) is 5.80. The lowest BCUT2D eigenvalue weighted by molar-refractivity contribution is 0.455. The van der Waals surface area contributed by atoms with Crippen LogP contribution in [0.4, 0.5) is 0 Å². The Balaban J connectivity index is 2.52. The number of nitrogens with zero attached hydrogens (tertiary/aromatic N) is 2. The van der Waals surface area contributed by atoms with Crippen molar-refractivity contribution in [1.29, 1.82) is 0 Å². The maximum Gasteiger partial charge on any atom is 0.111 e. The van der Waals surface area contributed by atoms with E-state index in [1.165, 1.54) is 24.4 Å². The van der Waals surface area contributed by atoms with Gasteiger partial charge in [0.05, 0.1) is 11.6 Å². The third-order valence-corrected chi connectivity index (χ3v) is 3.49. The molecule has 1 aliphatic rings. The largest absolute Gasteiger partial charge is 0.331 e. The molecule has 2 heterocycles. The van der Waals surface area contributed by atoms with Crippen LogP contribution in [0.2, 0.25) is 0 Å². The van der Waals surface area contributed by atoms with Crippen molar-refractivity contribution >= 4 is 11.6 Å². The maximum atomic E-state index is 5.97. The standard InChI is InChI=1S/C12H19ClN2/c1-8(2)12-14-10(7-13)11-9(3)5-4-6-15(11)12/h8-9H,4-7H2,1-3H3. The van der Waals surface area contributed by atoms with Gasteiger partial charge in [0, 0.05) is 18.2 Å². The lowest BCUT2D eigenvalue weighted by atomic mass is 9.96. The zero-order valence-electron chi connectivity index (χ0n) is 9.76. The Kier molecular flexibility index (Phi) is 3.06. The number of rotatable bonds is 2. The molecule has 0 aromatic carbocycles. The van der Waals surface area contributed by atoms with Crippen LogP contribution in [0.1, 0.15) is 62.7 Å². The van der Waals surface area contributed by atoms with Crippen molar-refractivity contribution < 1.29 is 0 Å². The van der Waals surface area contributed by atoms with Crippen LogP contribution in [0, 0.1) is 0 Å². The summed E-state index contributed by atoms with van der Waals surface area (Å²) in [4.78, 5) is 4.69. The second-order valence-corrected chi connectivity index (χ2v) is 5.05. The van der Waals surface area contributed by atoms with Crippen molar-refractivity contribution in [2.24, 2.45) is 0 Å². The molecule has 3 heteroatoms. The number of imidazole rings is 1. The summed E-state index contributed by atoms with van der Waals surface area (Å²) in [7, 11) is 0. The predicted molar refractivity (Wildman–Crippen MR) is 63.5 cm³/mol. The Morgan fingerprint density at radius 2 is 2.27 bits per heavy atom. The van der Waals surface area contributed by atoms with Crippen molar-refractivity contribution in [3.63, 3.8) is 0 Å². The second kappa shape index (κ2) is 4.17. The zero-order chi connectivity index (χ0) is 11.0. The smallest absolute Gasteiger partial charge is 0.111 e. The van der Waals surface area contributed by atoms with Gasteiger partial charge in [0.1, 0.15) is 5.82 Å². The fourth-order valence-electron chi connectivity index (χ4n) is 2.55. The van der Waals surface area contributed by atoms with Gasteiger partial charge in [-0.3, -0.25) is 0 Å². The van der Waals surface area contributed by atoms with E-state index in [0.717, 1.165) is 12.2 Å². The van der Waals surface area contributed by atoms with E-state index in [1.54, 1.807) is 0 Å². The van der Waals surface area contributed by atoms with Gasteiger partial charge in [-0.15, -0.1) is 11.6 Å². The van der Waals surface area contributed by atoms with Crippen LogP contribution in [0.25, 0.3) is 0 Å². The highest BCUT2D eigenvalue weighted by Crippen LogP contribution is 2.33. The van der Waals surface area contributed by atoms with Crippen LogP contribution in [-0.4, -0.2) is 9.55 Å². The molecular formula is C12H19ClN2. The van der Waals surface area contributed by atoms with Crippen molar-refractivity contribution in [2.45, 2.75) is 57.9 Å². The van der Waals surface area contributed by atoms with Gasteiger partial charge < -0.3 is 4.57 Å². The third-order valence-electron chi connectivity index (χ3n) is 3.24. The summed E-state index contributed by atoms with van der Waals surface area (Å²) in [6, 6.07) is 0. The van der Waals surface area contributed by atoms with Crippen LogP contribution in [0.5, 0.6) is 0 Å². The van der Waals surface area contributed by atoms with Gasteiger partial charge in [-0.1, -0.05) is 20.8 Å². The highest BCUT2D eigenvalue weighted by molar-refractivity contribution is 6.17.